The molecule has 1 saturated heterocycles. The van der Waals surface area contributed by atoms with Gasteiger partial charge in [-0.1, -0.05) is 0 Å². The van der Waals surface area contributed by atoms with Crippen molar-refractivity contribution in [3.63, 3.8) is 0 Å². The first-order valence-electron chi connectivity index (χ1n) is 6.68. The maximum Gasteiger partial charge on any atom is 0.335 e. The van der Waals surface area contributed by atoms with Crippen molar-refractivity contribution in [3.8, 4) is 0 Å². The van der Waals surface area contributed by atoms with E-state index in [1.54, 1.807) is 4.90 Å². The molecule has 0 bridgehead atoms. The molecule has 4 nitrogen and oxygen atoms in total. The van der Waals surface area contributed by atoms with Crippen molar-refractivity contribution >= 4 is 11.7 Å². The Morgan fingerprint density at radius 2 is 1.57 bits per heavy atom. The minimum atomic E-state index is -1.36. The van der Waals surface area contributed by atoms with E-state index < -0.39 is 34.4 Å². The summed E-state index contributed by atoms with van der Waals surface area (Å²) in [6.45, 7) is 8.03. The SMILES string of the molecule is CC1(C)CN(c2c(F)cc(C(=O)O)cc2F)CC(C)(C)O1. The number of rotatable bonds is 2. The third-order valence-corrected chi connectivity index (χ3v) is 3.28. The van der Waals surface area contributed by atoms with Crippen LogP contribution in [0.5, 0.6) is 0 Å². The predicted molar refractivity (Wildman–Crippen MR) is 74.8 cm³/mol. The molecule has 0 spiro atoms. The van der Waals surface area contributed by atoms with Crippen LogP contribution in [-0.4, -0.2) is 35.4 Å². The largest absolute Gasteiger partial charge is 0.478 e. The van der Waals surface area contributed by atoms with Gasteiger partial charge in [0.15, 0.2) is 0 Å². The number of benzene rings is 1. The second-order valence-corrected chi connectivity index (χ2v) is 6.57. The van der Waals surface area contributed by atoms with Gasteiger partial charge in [-0.2, -0.15) is 0 Å². The molecule has 2 rings (SSSR count). The van der Waals surface area contributed by atoms with Gasteiger partial charge < -0.3 is 14.7 Å². The Morgan fingerprint density at radius 3 is 1.95 bits per heavy atom. The molecule has 0 amide bonds. The molecular weight excluding hydrogens is 280 g/mol. The van der Waals surface area contributed by atoms with Crippen molar-refractivity contribution in [1.82, 2.24) is 0 Å². The number of halogens is 2. The molecule has 21 heavy (non-hydrogen) atoms. The van der Waals surface area contributed by atoms with Gasteiger partial charge in [0.2, 0.25) is 0 Å². The first kappa shape index (κ1) is 15.7. The number of nitrogens with zero attached hydrogens (tertiary/aromatic N) is 1. The van der Waals surface area contributed by atoms with Crippen LogP contribution in [0.3, 0.4) is 0 Å². The van der Waals surface area contributed by atoms with E-state index in [0.29, 0.717) is 13.1 Å². The molecule has 0 saturated carbocycles. The molecule has 1 aliphatic rings. The third-order valence-electron chi connectivity index (χ3n) is 3.28. The Labute approximate surface area is 122 Å². The summed E-state index contributed by atoms with van der Waals surface area (Å²) in [5.41, 5.74) is -1.73. The zero-order chi connectivity index (χ0) is 16.0. The standard InChI is InChI=1S/C15H19F2NO3/c1-14(2)7-18(8-15(3,4)21-14)12-10(16)5-9(13(19)20)6-11(12)17/h5-6H,7-8H2,1-4H3,(H,19,20). The molecule has 1 aliphatic heterocycles. The van der Waals surface area contributed by atoms with Crippen LogP contribution < -0.4 is 4.90 Å². The van der Waals surface area contributed by atoms with E-state index in [-0.39, 0.29) is 5.69 Å². The van der Waals surface area contributed by atoms with Crippen LogP contribution >= 0.6 is 0 Å². The van der Waals surface area contributed by atoms with Crippen LogP contribution in [0.25, 0.3) is 0 Å². The Kier molecular flexibility index (Phi) is 3.70. The Morgan fingerprint density at radius 1 is 1.14 bits per heavy atom. The normalized spacial score (nSPS) is 20.4. The highest BCUT2D eigenvalue weighted by molar-refractivity contribution is 5.88. The van der Waals surface area contributed by atoms with Gasteiger partial charge in [0.1, 0.15) is 17.3 Å². The van der Waals surface area contributed by atoms with Gasteiger partial charge in [-0.3, -0.25) is 0 Å². The monoisotopic (exact) mass is 299 g/mol. The van der Waals surface area contributed by atoms with E-state index in [4.69, 9.17) is 9.84 Å². The highest BCUT2D eigenvalue weighted by Gasteiger charge is 2.39. The van der Waals surface area contributed by atoms with Crippen LogP contribution in [0, 0.1) is 11.6 Å². The van der Waals surface area contributed by atoms with E-state index in [0.717, 1.165) is 12.1 Å². The molecule has 0 unspecified atom stereocenters. The van der Waals surface area contributed by atoms with Crippen molar-refractivity contribution in [2.45, 2.75) is 38.9 Å². The quantitative estimate of drug-likeness (QED) is 0.912. The van der Waals surface area contributed by atoms with Gasteiger partial charge in [0, 0.05) is 13.1 Å². The topological polar surface area (TPSA) is 49.8 Å². The highest BCUT2D eigenvalue weighted by atomic mass is 19.1. The van der Waals surface area contributed by atoms with Gasteiger partial charge in [-0.25, -0.2) is 13.6 Å². The molecular formula is C15H19F2NO3. The van der Waals surface area contributed by atoms with Gasteiger partial charge in [-0.15, -0.1) is 0 Å². The fourth-order valence-electron chi connectivity index (χ4n) is 2.94. The lowest BCUT2D eigenvalue weighted by Crippen LogP contribution is -2.57. The van der Waals surface area contributed by atoms with Crippen LogP contribution in [0.15, 0.2) is 12.1 Å². The Bertz CT molecular complexity index is 545. The summed E-state index contributed by atoms with van der Waals surface area (Å²) < 4.78 is 34.2. The van der Waals surface area contributed by atoms with Gasteiger partial charge >= 0.3 is 5.97 Å². The summed E-state index contributed by atoms with van der Waals surface area (Å²) in [4.78, 5) is 12.4. The Balaban J connectivity index is 2.44. The number of carboxylic acid groups (broad SMARTS) is 1. The van der Waals surface area contributed by atoms with Crippen molar-refractivity contribution in [1.29, 1.82) is 0 Å². The minimum Gasteiger partial charge on any atom is -0.478 e. The smallest absolute Gasteiger partial charge is 0.335 e. The molecule has 116 valence electrons. The average Bonchev–Trinajstić information content (AvgIpc) is 2.22. The molecule has 1 aromatic rings. The van der Waals surface area contributed by atoms with Crippen molar-refractivity contribution < 1.29 is 23.4 Å². The zero-order valence-electron chi connectivity index (χ0n) is 12.5. The van der Waals surface area contributed by atoms with Crippen molar-refractivity contribution in [2.75, 3.05) is 18.0 Å². The van der Waals surface area contributed by atoms with Crippen LogP contribution in [0.1, 0.15) is 38.1 Å². The van der Waals surface area contributed by atoms with Gasteiger partial charge in [-0.05, 0) is 39.8 Å². The third kappa shape index (κ3) is 3.32. The first-order chi connectivity index (χ1) is 9.51. The van der Waals surface area contributed by atoms with Crippen LogP contribution in [0.2, 0.25) is 0 Å². The highest BCUT2D eigenvalue weighted by Crippen LogP contribution is 2.34. The molecule has 0 atom stereocenters. The number of anilines is 1. The second kappa shape index (κ2) is 4.94. The summed E-state index contributed by atoms with van der Waals surface area (Å²) in [6, 6.07) is 1.69. The lowest BCUT2D eigenvalue weighted by molar-refractivity contribution is -0.133. The van der Waals surface area contributed by atoms with E-state index >= 15 is 0 Å². The number of carbonyl (C=O) groups is 1. The summed E-state index contributed by atoms with van der Waals surface area (Å²) in [5.74, 6) is -3.11. The fourth-order valence-corrected chi connectivity index (χ4v) is 2.94. The van der Waals surface area contributed by atoms with Crippen LogP contribution in [-0.2, 0) is 4.74 Å². The fraction of sp³-hybridized carbons (Fsp3) is 0.533. The molecule has 0 radical (unpaired) electrons. The number of morpholine rings is 1. The van der Waals surface area contributed by atoms with E-state index in [1.807, 2.05) is 27.7 Å². The lowest BCUT2D eigenvalue weighted by Gasteiger charge is -2.48. The second-order valence-electron chi connectivity index (χ2n) is 6.57. The minimum absolute atomic E-state index is 0.204. The van der Waals surface area contributed by atoms with Crippen LogP contribution in [0.4, 0.5) is 14.5 Å². The Hall–Kier alpha value is -1.69. The molecule has 1 heterocycles. The number of ether oxygens (including phenoxy) is 1. The maximum absolute atomic E-state index is 14.2. The van der Waals surface area contributed by atoms with Crippen molar-refractivity contribution in [2.24, 2.45) is 0 Å². The maximum atomic E-state index is 14.2. The lowest BCUT2D eigenvalue weighted by atomic mass is 9.98. The molecule has 1 N–H and O–H groups in total. The van der Waals surface area contributed by atoms with E-state index in [2.05, 4.69) is 0 Å². The van der Waals surface area contributed by atoms with Crippen molar-refractivity contribution in [3.05, 3.63) is 29.3 Å². The summed E-state index contributed by atoms with van der Waals surface area (Å²) >= 11 is 0. The molecule has 1 fully saturated rings. The number of aromatic carboxylic acids is 1. The molecule has 1 aromatic carbocycles. The van der Waals surface area contributed by atoms with E-state index in [1.165, 1.54) is 0 Å². The van der Waals surface area contributed by atoms with E-state index in [9.17, 15) is 13.6 Å². The summed E-state index contributed by atoms with van der Waals surface area (Å²) in [7, 11) is 0. The molecule has 6 heteroatoms. The summed E-state index contributed by atoms with van der Waals surface area (Å²) in [6.07, 6.45) is 0. The number of hydrogen-bond donors (Lipinski definition) is 1. The zero-order valence-corrected chi connectivity index (χ0v) is 12.5. The number of hydrogen-bond acceptors (Lipinski definition) is 3. The predicted octanol–water partition coefficient (Wildman–Crippen LogP) is 3.06. The number of carboxylic acids is 1. The molecule has 0 aromatic heterocycles. The van der Waals surface area contributed by atoms with Gasteiger partial charge in [0.05, 0.1) is 16.8 Å². The average molecular weight is 299 g/mol. The first-order valence-corrected chi connectivity index (χ1v) is 6.68. The summed E-state index contributed by atoms with van der Waals surface area (Å²) in [5, 5.41) is 8.83. The van der Waals surface area contributed by atoms with Gasteiger partial charge in [0.25, 0.3) is 0 Å². The molecule has 0 aliphatic carbocycles.